The minimum absolute atomic E-state index is 0.194. The summed E-state index contributed by atoms with van der Waals surface area (Å²) in [6.07, 6.45) is 8.39. The monoisotopic (exact) mass is 518 g/mol. The van der Waals surface area contributed by atoms with E-state index in [-0.39, 0.29) is 11.9 Å². The number of hydrogen-bond donors (Lipinski definition) is 0. The standard InChI is InChI=1S/C32H42N2O4/c1-5-6-14-28-33-32(20-9-10-21-32)29(35)34(28)23-24-15-17-25(18-16-24)26-12-7-8-13-27(26)38-22-11-19-31(2,3)30(36)37-4/h7-8,12-13,15-18H,5-6,9-11,14,19-23H2,1-4H3. The van der Waals surface area contributed by atoms with Gasteiger partial charge in [-0.1, -0.05) is 68.7 Å². The molecule has 4 rings (SSSR count). The molecule has 0 saturated heterocycles. The Hall–Kier alpha value is -3.15. The normalized spacial score (nSPS) is 16.7. The Morgan fingerprint density at radius 2 is 1.76 bits per heavy atom. The van der Waals surface area contributed by atoms with Gasteiger partial charge in [-0.05, 0) is 63.1 Å². The van der Waals surface area contributed by atoms with Crippen molar-refractivity contribution in [1.82, 2.24) is 4.90 Å². The van der Waals surface area contributed by atoms with E-state index in [9.17, 15) is 9.59 Å². The third kappa shape index (κ3) is 6.11. The number of nitrogens with zero attached hydrogens (tertiary/aromatic N) is 2. The lowest BCUT2D eigenvalue weighted by Crippen LogP contribution is -2.40. The third-order valence-corrected chi connectivity index (χ3v) is 7.92. The summed E-state index contributed by atoms with van der Waals surface area (Å²) in [6, 6.07) is 16.4. The maximum absolute atomic E-state index is 13.5. The van der Waals surface area contributed by atoms with Crippen molar-refractivity contribution in [2.45, 2.75) is 90.6 Å². The van der Waals surface area contributed by atoms with Gasteiger partial charge in [-0.2, -0.15) is 0 Å². The van der Waals surface area contributed by atoms with Crippen LogP contribution in [0.15, 0.2) is 53.5 Å². The number of rotatable bonds is 12. The first-order valence-corrected chi connectivity index (χ1v) is 14.1. The lowest BCUT2D eigenvalue weighted by atomic mass is 9.88. The van der Waals surface area contributed by atoms with E-state index in [0.29, 0.717) is 19.6 Å². The fourth-order valence-electron chi connectivity index (χ4n) is 5.58. The van der Waals surface area contributed by atoms with Gasteiger partial charge >= 0.3 is 5.97 Å². The number of methoxy groups -OCH3 is 1. The van der Waals surface area contributed by atoms with E-state index in [1.165, 1.54) is 7.11 Å². The number of para-hydroxylation sites is 1. The molecule has 38 heavy (non-hydrogen) atoms. The van der Waals surface area contributed by atoms with Crippen LogP contribution in [0.3, 0.4) is 0 Å². The molecule has 2 aromatic rings. The Morgan fingerprint density at radius 3 is 2.45 bits per heavy atom. The molecule has 1 amide bonds. The van der Waals surface area contributed by atoms with Crippen LogP contribution in [0.2, 0.25) is 0 Å². The zero-order valence-corrected chi connectivity index (χ0v) is 23.4. The van der Waals surface area contributed by atoms with E-state index in [1.807, 2.05) is 36.9 Å². The van der Waals surface area contributed by atoms with Crippen molar-refractivity contribution in [2.24, 2.45) is 10.4 Å². The zero-order chi connectivity index (χ0) is 27.2. The van der Waals surface area contributed by atoms with Gasteiger partial charge in [0.15, 0.2) is 0 Å². The number of benzene rings is 2. The number of unbranched alkanes of at least 4 members (excludes halogenated alkanes) is 1. The molecule has 6 nitrogen and oxygen atoms in total. The highest BCUT2D eigenvalue weighted by Crippen LogP contribution is 2.40. The molecule has 2 aromatic carbocycles. The average molecular weight is 519 g/mol. The van der Waals surface area contributed by atoms with Crippen LogP contribution >= 0.6 is 0 Å². The quantitative estimate of drug-likeness (QED) is 0.225. The summed E-state index contributed by atoms with van der Waals surface area (Å²) >= 11 is 0. The number of esters is 1. The van der Waals surface area contributed by atoms with Gasteiger partial charge in [-0.3, -0.25) is 19.5 Å². The summed E-state index contributed by atoms with van der Waals surface area (Å²) in [5, 5.41) is 0. The van der Waals surface area contributed by atoms with E-state index in [1.54, 1.807) is 0 Å². The number of hydrogen-bond acceptors (Lipinski definition) is 5. The topological polar surface area (TPSA) is 68.2 Å². The average Bonchev–Trinajstić information content (AvgIpc) is 3.50. The molecular weight excluding hydrogens is 476 g/mol. The number of carbonyl (C=O) groups excluding carboxylic acids is 2. The van der Waals surface area contributed by atoms with Gasteiger partial charge in [0.25, 0.3) is 5.91 Å². The molecule has 6 heteroatoms. The van der Waals surface area contributed by atoms with Gasteiger partial charge in [-0.25, -0.2) is 0 Å². The maximum Gasteiger partial charge on any atom is 0.311 e. The Morgan fingerprint density at radius 1 is 1.05 bits per heavy atom. The Kier molecular flexibility index (Phi) is 8.91. The smallest absolute Gasteiger partial charge is 0.311 e. The van der Waals surface area contributed by atoms with E-state index in [4.69, 9.17) is 14.5 Å². The summed E-state index contributed by atoms with van der Waals surface area (Å²) in [5.41, 5.74) is 2.18. The van der Waals surface area contributed by atoms with Gasteiger partial charge in [0.2, 0.25) is 0 Å². The Balaban J connectivity index is 1.42. The predicted octanol–water partition coefficient (Wildman–Crippen LogP) is 6.96. The van der Waals surface area contributed by atoms with Crippen molar-refractivity contribution < 1.29 is 19.1 Å². The highest BCUT2D eigenvalue weighted by molar-refractivity contribution is 6.08. The molecule has 0 radical (unpaired) electrons. The summed E-state index contributed by atoms with van der Waals surface area (Å²) in [5.74, 6) is 1.79. The number of ether oxygens (including phenoxy) is 2. The maximum atomic E-state index is 13.5. The number of amidine groups is 1. The Labute approximate surface area is 227 Å². The van der Waals surface area contributed by atoms with Gasteiger partial charge in [0.05, 0.1) is 25.7 Å². The second-order valence-electron chi connectivity index (χ2n) is 11.3. The van der Waals surface area contributed by atoms with Crippen molar-refractivity contribution in [3.05, 3.63) is 54.1 Å². The first kappa shape index (κ1) is 27.9. The fourth-order valence-corrected chi connectivity index (χ4v) is 5.58. The first-order valence-electron chi connectivity index (χ1n) is 14.1. The molecule has 204 valence electrons. The highest BCUT2D eigenvalue weighted by atomic mass is 16.5. The highest BCUT2D eigenvalue weighted by Gasteiger charge is 2.49. The molecule has 1 spiro atoms. The van der Waals surface area contributed by atoms with Crippen LogP contribution < -0.4 is 4.74 Å². The first-order chi connectivity index (χ1) is 18.3. The minimum Gasteiger partial charge on any atom is -0.493 e. The van der Waals surface area contributed by atoms with E-state index in [0.717, 1.165) is 79.6 Å². The molecule has 1 aliphatic heterocycles. The van der Waals surface area contributed by atoms with E-state index >= 15 is 0 Å². The molecule has 0 unspecified atom stereocenters. The Bertz CT molecular complexity index is 1150. The summed E-state index contributed by atoms with van der Waals surface area (Å²) in [4.78, 5) is 32.3. The van der Waals surface area contributed by atoms with Crippen molar-refractivity contribution in [3.8, 4) is 16.9 Å². The molecule has 1 saturated carbocycles. The number of amides is 1. The molecular formula is C32H42N2O4. The lowest BCUT2D eigenvalue weighted by Gasteiger charge is -2.23. The van der Waals surface area contributed by atoms with E-state index in [2.05, 4.69) is 37.3 Å². The molecule has 0 aromatic heterocycles. The second-order valence-corrected chi connectivity index (χ2v) is 11.3. The summed E-state index contributed by atoms with van der Waals surface area (Å²) < 4.78 is 11.0. The SMILES string of the molecule is CCCCC1=NC2(CCCC2)C(=O)N1Cc1ccc(-c2ccccc2OCCCC(C)(C)C(=O)OC)cc1. The van der Waals surface area contributed by atoms with Gasteiger partial charge in [-0.15, -0.1) is 0 Å². The number of carbonyl (C=O) groups is 2. The second kappa shape index (κ2) is 12.1. The van der Waals surface area contributed by atoms with Crippen molar-refractivity contribution in [2.75, 3.05) is 13.7 Å². The van der Waals surface area contributed by atoms with Crippen LogP contribution in [0.1, 0.15) is 84.1 Å². The van der Waals surface area contributed by atoms with Crippen LogP contribution in [-0.4, -0.2) is 41.9 Å². The van der Waals surface area contributed by atoms with Crippen LogP contribution in [0.4, 0.5) is 0 Å². The molecule has 1 fully saturated rings. The zero-order valence-electron chi connectivity index (χ0n) is 23.4. The molecule has 1 aliphatic carbocycles. The van der Waals surface area contributed by atoms with E-state index < -0.39 is 11.0 Å². The van der Waals surface area contributed by atoms with Crippen LogP contribution in [0.25, 0.3) is 11.1 Å². The van der Waals surface area contributed by atoms with Gasteiger partial charge < -0.3 is 9.47 Å². The minimum atomic E-state index is -0.525. The lowest BCUT2D eigenvalue weighted by molar-refractivity contribution is -0.151. The molecule has 2 aliphatic rings. The van der Waals surface area contributed by atoms with Crippen LogP contribution in [0, 0.1) is 5.41 Å². The third-order valence-electron chi connectivity index (χ3n) is 7.92. The molecule has 0 atom stereocenters. The fraction of sp³-hybridized carbons (Fsp3) is 0.531. The number of aliphatic imine (C=N–C) groups is 1. The van der Waals surface area contributed by atoms with Crippen LogP contribution in [-0.2, 0) is 20.9 Å². The van der Waals surface area contributed by atoms with Crippen molar-refractivity contribution in [1.29, 1.82) is 0 Å². The summed E-state index contributed by atoms with van der Waals surface area (Å²) in [6.45, 7) is 7.06. The van der Waals surface area contributed by atoms with Gasteiger partial charge in [0, 0.05) is 12.0 Å². The molecule has 1 heterocycles. The molecule has 0 N–H and O–H groups in total. The largest absolute Gasteiger partial charge is 0.493 e. The van der Waals surface area contributed by atoms with Crippen molar-refractivity contribution in [3.63, 3.8) is 0 Å². The van der Waals surface area contributed by atoms with Gasteiger partial charge in [0.1, 0.15) is 17.1 Å². The predicted molar refractivity (Wildman–Crippen MR) is 151 cm³/mol. The summed E-state index contributed by atoms with van der Waals surface area (Å²) in [7, 11) is 1.43. The van der Waals surface area contributed by atoms with Crippen molar-refractivity contribution >= 4 is 17.7 Å². The molecule has 0 bridgehead atoms. The van der Waals surface area contributed by atoms with Crippen LogP contribution in [0.5, 0.6) is 5.75 Å².